The number of carbonyl (C=O) groups excluding carboxylic acids is 2. The summed E-state index contributed by atoms with van der Waals surface area (Å²) < 4.78 is 5.69. The van der Waals surface area contributed by atoms with Crippen LogP contribution >= 0.6 is 11.6 Å². The van der Waals surface area contributed by atoms with Crippen LogP contribution in [0.5, 0.6) is 11.8 Å². The number of imide groups is 1. The number of hydrogen-bond acceptors (Lipinski definition) is 7. The number of para-hydroxylation sites is 1. The van der Waals surface area contributed by atoms with Gasteiger partial charge in [-0.05, 0) is 24.1 Å². The van der Waals surface area contributed by atoms with Crippen LogP contribution in [0.4, 0.5) is 16.2 Å². The van der Waals surface area contributed by atoms with E-state index in [0.717, 1.165) is 5.56 Å². The molecular formula is C20H18ClN5O5. The number of halogens is 1. The Morgan fingerprint density at radius 3 is 2.58 bits per heavy atom. The summed E-state index contributed by atoms with van der Waals surface area (Å²) in [5.41, 5.74) is 0.850. The smallest absolute Gasteiger partial charge is 0.326 e. The van der Waals surface area contributed by atoms with Crippen molar-refractivity contribution in [3.8, 4) is 11.8 Å². The van der Waals surface area contributed by atoms with Crippen LogP contribution in [-0.4, -0.2) is 27.1 Å². The summed E-state index contributed by atoms with van der Waals surface area (Å²) in [6.45, 7) is 1.93. The number of hydrogen-bond donors (Lipinski definition) is 4. The summed E-state index contributed by atoms with van der Waals surface area (Å²) in [6.07, 6.45) is 3.44. The molecule has 0 fully saturated rings. The normalized spacial score (nSPS) is 11.5. The number of rotatable bonds is 6. The Kier molecular flexibility index (Phi) is 7.11. The van der Waals surface area contributed by atoms with E-state index in [1.807, 2.05) is 6.92 Å². The second kappa shape index (κ2) is 9.96. The fourth-order valence-corrected chi connectivity index (χ4v) is 2.77. The highest BCUT2D eigenvalue weighted by Crippen LogP contribution is 2.27. The van der Waals surface area contributed by atoms with Crippen LogP contribution in [0.2, 0.25) is 5.02 Å². The molecule has 0 spiro atoms. The Morgan fingerprint density at radius 2 is 1.90 bits per heavy atom. The van der Waals surface area contributed by atoms with E-state index in [0.29, 0.717) is 22.9 Å². The Bertz CT molecular complexity index is 1090. The standard InChI is InChI=1S/C20H18ClN5O5/c1-2-12-7-8-14(9-17(12)31-20-22-10-13(21)11-23-20)24-19(28)25-18(27)15-5-3-4-6-16(15)26(29)30/h3-11,26,29H,2H2,1H3,(H2,24,25,27,28). The Labute approximate surface area is 182 Å². The molecule has 10 nitrogen and oxygen atoms in total. The molecule has 160 valence electrons. The van der Waals surface area contributed by atoms with E-state index in [4.69, 9.17) is 16.3 Å². The van der Waals surface area contributed by atoms with Crippen molar-refractivity contribution in [3.05, 3.63) is 76.2 Å². The van der Waals surface area contributed by atoms with Crippen LogP contribution in [0.25, 0.3) is 0 Å². The lowest BCUT2D eigenvalue weighted by Crippen LogP contribution is -2.99. The molecule has 0 saturated carbocycles. The monoisotopic (exact) mass is 443 g/mol. The van der Waals surface area contributed by atoms with E-state index < -0.39 is 17.2 Å². The van der Waals surface area contributed by atoms with Crippen LogP contribution in [-0.2, 0) is 6.42 Å². The molecular weight excluding hydrogens is 426 g/mol. The molecule has 4 N–H and O–H groups in total. The van der Waals surface area contributed by atoms with Crippen molar-refractivity contribution in [3.63, 3.8) is 0 Å². The molecule has 0 aliphatic carbocycles. The highest BCUT2D eigenvalue weighted by Gasteiger charge is 2.18. The van der Waals surface area contributed by atoms with Crippen molar-refractivity contribution in [1.82, 2.24) is 15.3 Å². The zero-order valence-corrected chi connectivity index (χ0v) is 17.0. The van der Waals surface area contributed by atoms with Gasteiger partial charge in [-0.3, -0.25) is 10.1 Å². The summed E-state index contributed by atoms with van der Waals surface area (Å²) in [7, 11) is 0. The fourth-order valence-electron chi connectivity index (χ4n) is 2.67. The second-order valence-electron chi connectivity index (χ2n) is 6.22. The SMILES string of the molecule is CCc1ccc(NC(=O)NC(=O)c2ccccc2[NH+]([O-])O)cc1Oc1ncc(Cl)cn1. The Morgan fingerprint density at radius 1 is 1.19 bits per heavy atom. The zero-order valence-electron chi connectivity index (χ0n) is 16.3. The first-order valence-electron chi connectivity index (χ1n) is 9.10. The number of carbonyl (C=O) groups is 2. The molecule has 1 unspecified atom stereocenters. The summed E-state index contributed by atoms with van der Waals surface area (Å²) in [5, 5.41) is 24.2. The molecule has 31 heavy (non-hydrogen) atoms. The van der Waals surface area contributed by atoms with E-state index in [1.54, 1.807) is 18.2 Å². The van der Waals surface area contributed by atoms with Gasteiger partial charge in [-0.2, -0.15) is 5.23 Å². The maximum atomic E-state index is 12.3. The minimum Gasteiger partial charge on any atom is -0.595 e. The Hall–Kier alpha value is -3.57. The summed E-state index contributed by atoms with van der Waals surface area (Å²) >= 11 is 5.77. The molecule has 2 aromatic carbocycles. The van der Waals surface area contributed by atoms with Gasteiger partial charge in [0.2, 0.25) is 0 Å². The van der Waals surface area contributed by atoms with Crippen molar-refractivity contribution in [2.45, 2.75) is 13.3 Å². The van der Waals surface area contributed by atoms with Gasteiger partial charge in [0, 0.05) is 17.8 Å². The Balaban J connectivity index is 1.72. The number of ether oxygens (including phenoxy) is 1. The van der Waals surface area contributed by atoms with Crippen molar-refractivity contribution in [1.29, 1.82) is 0 Å². The number of amides is 3. The first-order chi connectivity index (χ1) is 14.9. The van der Waals surface area contributed by atoms with E-state index in [2.05, 4.69) is 20.6 Å². The largest absolute Gasteiger partial charge is 0.595 e. The van der Waals surface area contributed by atoms with Crippen LogP contribution in [0.1, 0.15) is 22.8 Å². The molecule has 3 amide bonds. The van der Waals surface area contributed by atoms with E-state index in [-0.39, 0.29) is 17.3 Å². The maximum absolute atomic E-state index is 12.3. The predicted molar refractivity (Wildman–Crippen MR) is 112 cm³/mol. The number of nitrogens with one attached hydrogen (secondary N) is 3. The fraction of sp³-hybridized carbons (Fsp3) is 0.100. The number of aromatic nitrogens is 2. The van der Waals surface area contributed by atoms with Crippen LogP contribution in [0.15, 0.2) is 54.9 Å². The third-order valence-electron chi connectivity index (χ3n) is 4.13. The number of nitrogens with zero attached hydrogens (tertiary/aromatic N) is 2. The molecule has 1 atom stereocenters. The lowest BCUT2D eigenvalue weighted by molar-refractivity contribution is -0.991. The first kappa shape index (κ1) is 22.1. The molecule has 0 aliphatic rings. The van der Waals surface area contributed by atoms with Crippen LogP contribution < -0.4 is 20.6 Å². The average molecular weight is 444 g/mol. The number of aryl methyl sites for hydroxylation is 1. The van der Waals surface area contributed by atoms with Gasteiger partial charge in [0.1, 0.15) is 11.3 Å². The zero-order chi connectivity index (χ0) is 22.4. The van der Waals surface area contributed by atoms with Crippen molar-refractivity contribution >= 4 is 34.9 Å². The third kappa shape index (κ3) is 5.74. The minimum absolute atomic E-state index is 0.0844. The topological polar surface area (TPSA) is 141 Å². The summed E-state index contributed by atoms with van der Waals surface area (Å²) in [5.74, 6) is -0.420. The van der Waals surface area contributed by atoms with Crippen LogP contribution in [0, 0.1) is 5.21 Å². The number of urea groups is 1. The molecule has 0 radical (unpaired) electrons. The van der Waals surface area contributed by atoms with Crippen molar-refractivity contribution in [2.75, 3.05) is 5.32 Å². The van der Waals surface area contributed by atoms with Gasteiger partial charge in [-0.15, -0.1) is 0 Å². The summed E-state index contributed by atoms with van der Waals surface area (Å²) in [6, 6.07) is 9.80. The van der Waals surface area contributed by atoms with E-state index in [1.165, 1.54) is 36.7 Å². The lowest BCUT2D eigenvalue weighted by atomic mass is 10.1. The van der Waals surface area contributed by atoms with Crippen LogP contribution in [0.3, 0.4) is 0 Å². The molecule has 0 aliphatic heterocycles. The molecule has 3 rings (SSSR count). The molecule has 1 heterocycles. The van der Waals surface area contributed by atoms with Crippen molar-refractivity contribution in [2.24, 2.45) is 0 Å². The summed E-state index contributed by atoms with van der Waals surface area (Å²) in [4.78, 5) is 32.5. The van der Waals surface area contributed by atoms with E-state index in [9.17, 15) is 20.0 Å². The highest BCUT2D eigenvalue weighted by molar-refractivity contribution is 6.30. The predicted octanol–water partition coefficient (Wildman–Crippen LogP) is 2.85. The minimum atomic E-state index is -1.27. The van der Waals surface area contributed by atoms with Crippen molar-refractivity contribution < 1.29 is 24.8 Å². The molecule has 0 saturated heterocycles. The van der Waals surface area contributed by atoms with Gasteiger partial charge in [-0.1, -0.05) is 36.7 Å². The number of anilines is 1. The van der Waals surface area contributed by atoms with Gasteiger partial charge in [0.15, 0.2) is 5.69 Å². The van der Waals surface area contributed by atoms with Gasteiger partial charge in [0.25, 0.3) is 5.91 Å². The third-order valence-corrected chi connectivity index (χ3v) is 4.33. The maximum Gasteiger partial charge on any atom is 0.326 e. The molecule has 0 bridgehead atoms. The van der Waals surface area contributed by atoms with Gasteiger partial charge in [-0.25, -0.2) is 20.0 Å². The lowest BCUT2D eigenvalue weighted by Gasteiger charge is -2.15. The molecule has 11 heteroatoms. The average Bonchev–Trinajstić information content (AvgIpc) is 2.75. The number of benzene rings is 2. The van der Waals surface area contributed by atoms with Gasteiger partial charge < -0.3 is 15.3 Å². The van der Waals surface area contributed by atoms with E-state index >= 15 is 0 Å². The highest BCUT2D eigenvalue weighted by atomic mass is 35.5. The second-order valence-corrected chi connectivity index (χ2v) is 6.66. The molecule has 3 aromatic rings. The van der Waals surface area contributed by atoms with Gasteiger partial charge in [0.05, 0.1) is 17.4 Å². The number of quaternary nitrogens is 1. The quantitative estimate of drug-likeness (QED) is 0.429. The van der Waals surface area contributed by atoms with Gasteiger partial charge >= 0.3 is 12.0 Å². The molecule has 1 aromatic heterocycles. The first-order valence-corrected chi connectivity index (χ1v) is 9.48.